The van der Waals surface area contributed by atoms with E-state index in [1.165, 1.54) is 36.5 Å². The highest BCUT2D eigenvalue weighted by Gasteiger charge is 2.40. The summed E-state index contributed by atoms with van der Waals surface area (Å²) in [6.45, 7) is 7.80. The molecule has 0 spiro atoms. The average Bonchev–Trinajstić information content (AvgIpc) is 2.97. The summed E-state index contributed by atoms with van der Waals surface area (Å²) in [6.07, 6.45) is -7.83. The van der Waals surface area contributed by atoms with E-state index in [-0.39, 0.29) is 16.5 Å². The van der Waals surface area contributed by atoms with E-state index in [4.69, 9.17) is 5.73 Å². The van der Waals surface area contributed by atoms with Crippen LogP contribution in [0.15, 0.2) is 42.6 Å². The molecule has 0 saturated heterocycles. The lowest BCUT2D eigenvalue weighted by atomic mass is 9.92. The van der Waals surface area contributed by atoms with Crippen molar-refractivity contribution in [1.82, 2.24) is 4.57 Å². The van der Waals surface area contributed by atoms with Crippen LogP contribution in [-0.2, 0) is 12.7 Å². The lowest BCUT2D eigenvalue weighted by Gasteiger charge is -2.21. The van der Waals surface area contributed by atoms with Gasteiger partial charge in [-0.15, -0.1) is 0 Å². The minimum atomic E-state index is -4.64. The molecule has 8 heteroatoms. The molecule has 0 fully saturated rings. The van der Waals surface area contributed by atoms with Gasteiger partial charge in [-0.2, -0.15) is 26.3 Å². The SMILES string of the molecule is Cc1c(-c2ccccc2C(F)(F)F)ccc2c([C@H](N)C(F)(F)F)cn(CC(C)(C)C)c12. The first kappa shape index (κ1) is 23.2. The Bertz CT molecular complexity index is 1100. The minimum Gasteiger partial charge on any atom is -0.346 e. The molecule has 2 N–H and O–H groups in total. The molecule has 3 aromatic rings. The van der Waals surface area contributed by atoms with Crippen LogP contribution >= 0.6 is 0 Å². The van der Waals surface area contributed by atoms with Crippen molar-refractivity contribution in [1.29, 1.82) is 0 Å². The van der Waals surface area contributed by atoms with E-state index in [0.717, 1.165) is 6.07 Å². The van der Waals surface area contributed by atoms with Crippen molar-refractivity contribution in [2.45, 2.75) is 52.6 Å². The molecule has 0 aliphatic carbocycles. The quantitative estimate of drug-likeness (QED) is 0.426. The molecule has 0 aliphatic rings. The zero-order chi connectivity index (χ0) is 23.4. The van der Waals surface area contributed by atoms with Crippen molar-refractivity contribution in [2.24, 2.45) is 11.1 Å². The van der Waals surface area contributed by atoms with Crippen LogP contribution in [0.3, 0.4) is 0 Å². The van der Waals surface area contributed by atoms with Crippen molar-refractivity contribution in [3.8, 4) is 11.1 Å². The van der Waals surface area contributed by atoms with Crippen molar-refractivity contribution in [3.05, 3.63) is 59.3 Å². The fourth-order valence-corrected chi connectivity index (χ4v) is 3.92. The number of nitrogens with two attached hydrogens (primary N) is 1. The number of hydrogen-bond donors (Lipinski definition) is 1. The first-order valence-corrected chi connectivity index (χ1v) is 9.72. The Labute approximate surface area is 176 Å². The highest BCUT2D eigenvalue weighted by atomic mass is 19.4. The Kier molecular flexibility index (Phi) is 5.67. The summed E-state index contributed by atoms with van der Waals surface area (Å²) in [4.78, 5) is 0. The van der Waals surface area contributed by atoms with E-state index in [0.29, 0.717) is 28.6 Å². The monoisotopic (exact) mass is 442 g/mol. The summed E-state index contributed by atoms with van der Waals surface area (Å²) in [5.74, 6) is 0. The highest BCUT2D eigenvalue weighted by molar-refractivity contribution is 5.93. The third-order valence-corrected chi connectivity index (χ3v) is 5.18. The van der Waals surface area contributed by atoms with Crippen LogP contribution in [0, 0.1) is 12.3 Å². The van der Waals surface area contributed by atoms with Gasteiger partial charge >= 0.3 is 12.4 Å². The number of alkyl halides is 6. The van der Waals surface area contributed by atoms with Crippen LogP contribution in [0.4, 0.5) is 26.3 Å². The summed E-state index contributed by atoms with van der Waals surface area (Å²) < 4.78 is 82.5. The lowest BCUT2D eigenvalue weighted by Crippen LogP contribution is -2.28. The van der Waals surface area contributed by atoms with Gasteiger partial charge in [0.15, 0.2) is 0 Å². The van der Waals surface area contributed by atoms with Gasteiger partial charge in [-0.3, -0.25) is 0 Å². The fourth-order valence-electron chi connectivity index (χ4n) is 3.92. The van der Waals surface area contributed by atoms with Crippen molar-refractivity contribution < 1.29 is 26.3 Å². The summed E-state index contributed by atoms with van der Waals surface area (Å²) >= 11 is 0. The second kappa shape index (κ2) is 7.58. The maximum absolute atomic E-state index is 13.6. The predicted octanol–water partition coefficient (Wildman–Crippen LogP) is 7.24. The summed E-state index contributed by atoms with van der Waals surface area (Å²) in [6, 6.07) is 5.87. The van der Waals surface area contributed by atoms with E-state index in [1.807, 2.05) is 20.8 Å². The number of nitrogens with zero attached hydrogens (tertiary/aromatic N) is 1. The van der Waals surface area contributed by atoms with Crippen LogP contribution in [0.5, 0.6) is 0 Å². The molecule has 31 heavy (non-hydrogen) atoms. The number of halogens is 6. The van der Waals surface area contributed by atoms with Crippen LogP contribution < -0.4 is 5.73 Å². The molecular formula is C23H24F6N2. The van der Waals surface area contributed by atoms with Crippen molar-refractivity contribution in [3.63, 3.8) is 0 Å². The number of benzene rings is 2. The van der Waals surface area contributed by atoms with E-state index < -0.39 is 24.0 Å². The molecule has 0 amide bonds. The van der Waals surface area contributed by atoms with Gasteiger partial charge in [0.25, 0.3) is 0 Å². The normalized spacial score (nSPS) is 14.3. The third kappa shape index (κ3) is 4.59. The molecule has 2 nitrogen and oxygen atoms in total. The summed E-state index contributed by atoms with van der Waals surface area (Å²) in [5.41, 5.74) is 5.58. The average molecular weight is 442 g/mol. The van der Waals surface area contributed by atoms with Gasteiger partial charge in [-0.1, -0.05) is 51.1 Å². The van der Waals surface area contributed by atoms with Gasteiger partial charge in [0.05, 0.1) is 11.1 Å². The summed E-state index contributed by atoms with van der Waals surface area (Å²) in [7, 11) is 0. The molecule has 0 bridgehead atoms. The zero-order valence-electron chi connectivity index (χ0n) is 17.6. The number of aryl methyl sites for hydroxylation is 1. The Balaban J connectivity index is 2.33. The molecule has 1 heterocycles. The smallest absolute Gasteiger partial charge is 0.346 e. The fraction of sp³-hybridized carbons (Fsp3) is 0.391. The minimum absolute atomic E-state index is 0.0143. The molecule has 0 aliphatic heterocycles. The first-order chi connectivity index (χ1) is 14.1. The maximum atomic E-state index is 13.6. The number of aromatic nitrogens is 1. The molecule has 168 valence electrons. The molecular weight excluding hydrogens is 418 g/mol. The van der Waals surface area contributed by atoms with E-state index in [9.17, 15) is 26.3 Å². The van der Waals surface area contributed by atoms with E-state index in [2.05, 4.69) is 0 Å². The van der Waals surface area contributed by atoms with Gasteiger partial charge in [0.2, 0.25) is 0 Å². The van der Waals surface area contributed by atoms with Crippen LogP contribution in [0.1, 0.15) is 43.5 Å². The van der Waals surface area contributed by atoms with E-state index in [1.54, 1.807) is 11.5 Å². The van der Waals surface area contributed by atoms with Gasteiger partial charge < -0.3 is 10.3 Å². The number of rotatable bonds is 3. The molecule has 2 aromatic carbocycles. The Morgan fingerprint density at radius 2 is 1.52 bits per heavy atom. The number of hydrogen-bond acceptors (Lipinski definition) is 1. The van der Waals surface area contributed by atoms with Crippen LogP contribution in [-0.4, -0.2) is 10.7 Å². The molecule has 0 radical (unpaired) electrons. The molecule has 0 unspecified atom stereocenters. The van der Waals surface area contributed by atoms with Gasteiger partial charge in [-0.05, 0) is 35.1 Å². The van der Waals surface area contributed by atoms with Gasteiger partial charge in [0.1, 0.15) is 6.04 Å². The third-order valence-electron chi connectivity index (χ3n) is 5.18. The number of fused-ring (bicyclic) bond motifs is 1. The Morgan fingerprint density at radius 1 is 0.903 bits per heavy atom. The lowest BCUT2D eigenvalue weighted by molar-refractivity contribution is -0.148. The first-order valence-electron chi connectivity index (χ1n) is 9.72. The predicted molar refractivity (Wildman–Crippen MR) is 110 cm³/mol. The highest BCUT2D eigenvalue weighted by Crippen LogP contribution is 2.42. The molecule has 1 atom stereocenters. The molecule has 3 rings (SSSR count). The molecule has 1 aromatic heterocycles. The zero-order valence-corrected chi connectivity index (χ0v) is 17.6. The topological polar surface area (TPSA) is 30.9 Å². The van der Waals surface area contributed by atoms with Gasteiger partial charge in [-0.25, -0.2) is 0 Å². The van der Waals surface area contributed by atoms with Crippen LogP contribution in [0.25, 0.3) is 22.0 Å². The maximum Gasteiger partial charge on any atom is 0.417 e. The van der Waals surface area contributed by atoms with Crippen LogP contribution in [0.2, 0.25) is 0 Å². The molecule has 0 saturated carbocycles. The van der Waals surface area contributed by atoms with Crippen molar-refractivity contribution in [2.75, 3.05) is 0 Å². The standard InChI is InChI=1S/C23H24F6N2/c1-13-14(15-7-5-6-8-18(15)22(24,25)26)9-10-16-17(20(30)23(27,28)29)11-31(19(13)16)12-21(2,3)4/h5-11,20H,12,30H2,1-4H3/t20-/m0/s1. The second-order valence-corrected chi connectivity index (χ2v) is 8.97. The Morgan fingerprint density at radius 3 is 2.06 bits per heavy atom. The second-order valence-electron chi connectivity index (χ2n) is 8.97. The van der Waals surface area contributed by atoms with Crippen molar-refractivity contribution >= 4 is 10.9 Å². The summed E-state index contributed by atoms with van der Waals surface area (Å²) in [5, 5.41) is 0.291. The van der Waals surface area contributed by atoms with Gasteiger partial charge in [0, 0.05) is 23.7 Å². The Hall–Kier alpha value is -2.48. The van der Waals surface area contributed by atoms with E-state index >= 15 is 0 Å². The largest absolute Gasteiger partial charge is 0.417 e.